The zero-order chi connectivity index (χ0) is 9.26. The highest BCUT2D eigenvalue weighted by molar-refractivity contribution is 6.29. The molecule has 0 aliphatic heterocycles. The van der Waals surface area contributed by atoms with E-state index in [0.29, 0.717) is 11.0 Å². The summed E-state index contributed by atoms with van der Waals surface area (Å²) in [5.74, 6) is 0.442. The van der Waals surface area contributed by atoms with E-state index in [0.717, 1.165) is 0 Å². The Balaban J connectivity index is 2.41. The van der Waals surface area contributed by atoms with E-state index in [1.807, 2.05) is 0 Å². The van der Waals surface area contributed by atoms with Crippen molar-refractivity contribution in [1.29, 1.82) is 0 Å². The smallest absolute Gasteiger partial charge is 0.333 e. The summed E-state index contributed by atoms with van der Waals surface area (Å²) in [5, 5.41) is 20.1. The Morgan fingerprint density at radius 2 is 2.15 bits per heavy atom. The monoisotopic (exact) mass is 197 g/mol. The molecule has 0 amide bonds. The molecule has 1 N–H and O–H groups in total. The van der Waals surface area contributed by atoms with Gasteiger partial charge in [-0.3, -0.25) is 0 Å². The number of nitrogens with zero attached hydrogens (tertiary/aromatic N) is 5. The van der Waals surface area contributed by atoms with Crippen LogP contribution in [0.5, 0.6) is 6.01 Å². The molecule has 0 saturated carbocycles. The number of aromatic nitrogens is 5. The second-order valence-electron chi connectivity index (χ2n) is 2.20. The lowest BCUT2D eigenvalue weighted by molar-refractivity contribution is 0.429. The molecule has 13 heavy (non-hydrogen) atoms. The molecule has 6 nitrogen and oxygen atoms in total. The van der Waals surface area contributed by atoms with Crippen molar-refractivity contribution < 1.29 is 5.11 Å². The fourth-order valence-corrected chi connectivity index (χ4v) is 0.897. The molecular formula is C6H4ClN5O. The van der Waals surface area contributed by atoms with Crippen LogP contribution in [0.3, 0.4) is 0 Å². The fourth-order valence-electron chi connectivity index (χ4n) is 0.796. The van der Waals surface area contributed by atoms with Crippen molar-refractivity contribution in [2.24, 2.45) is 0 Å². The van der Waals surface area contributed by atoms with Gasteiger partial charge in [0.15, 0.2) is 11.0 Å². The minimum absolute atomic E-state index is 0.299. The number of aromatic hydroxyl groups is 1. The first-order chi connectivity index (χ1) is 6.25. The van der Waals surface area contributed by atoms with Gasteiger partial charge in [-0.25, -0.2) is 0 Å². The van der Waals surface area contributed by atoms with E-state index in [9.17, 15) is 0 Å². The van der Waals surface area contributed by atoms with E-state index in [2.05, 4.69) is 20.3 Å². The lowest BCUT2D eigenvalue weighted by Crippen LogP contribution is -1.98. The van der Waals surface area contributed by atoms with E-state index in [1.165, 1.54) is 11.0 Å². The number of hydrogen-bond donors (Lipinski definition) is 1. The van der Waals surface area contributed by atoms with Crippen molar-refractivity contribution in [2.75, 3.05) is 0 Å². The van der Waals surface area contributed by atoms with Gasteiger partial charge in [0.05, 0.1) is 0 Å². The molecule has 2 heterocycles. The minimum Gasteiger partial charge on any atom is -0.478 e. The van der Waals surface area contributed by atoms with Gasteiger partial charge in [-0.05, 0) is 12.1 Å². The predicted molar refractivity (Wildman–Crippen MR) is 43.6 cm³/mol. The highest BCUT2D eigenvalue weighted by Gasteiger charge is 2.01. The fraction of sp³-hybridized carbons (Fsp3) is 0. The van der Waals surface area contributed by atoms with Crippen molar-refractivity contribution in [1.82, 2.24) is 25.0 Å². The normalized spacial score (nSPS) is 10.2. The summed E-state index contributed by atoms with van der Waals surface area (Å²) >= 11 is 5.54. The Labute approximate surface area is 77.8 Å². The number of rotatable bonds is 1. The van der Waals surface area contributed by atoms with Gasteiger partial charge in [-0.1, -0.05) is 11.6 Å². The van der Waals surface area contributed by atoms with E-state index < -0.39 is 0 Å². The van der Waals surface area contributed by atoms with Crippen molar-refractivity contribution in [2.45, 2.75) is 0 Å². The maximum Gasteiger partial charge on any atom is 0.333 e. The van der Waals surface area contributed by atoms with Crippen molar-refractivity contribution >= 4 is 11.6 Å². The minimum atomic E-state index is -0.309. The molecule has 2 aromatic rings. The van der Waals surface area contributed by atoms with Crippen LogP contribution in [0, 0.1) is 0 Å². The van der Waals surface area contributed by atoms with Gasteiger partial charge < -0.3 is 5.11 Å². The van der Waals surface area contributed by atoms with E-state index in [1.54, 1.807) is 12.1 Å². The van der Waals surface area contributed by atoms with Crippen molar-refractivity contribution in [3.8, 4) is 11.8 Å². The molecule has 0 aromatic carbocycles. The van der Waals surface area contributed by atoms with E-state index >= 15 is 0 Å². The maximum atomic E-state index is 8.85. The molecule has 0 aliphatic carbocycles. The van der Waals surface area contributed by atoms with Crippen LogP contribution in [0.4, 0.5) is 0 Å². The quantitative estimate of drug-likeness (QED) is 0.717. The highest BCUT2D eigenvalue weighted by Crippen LogP contribution is 2.06. The third-order valence-electron chi connectivity index (χ3n) is 1.33. The van der Waals surface area contributed by atoms with Gasteiger partial charge in [-0.2, -0.15) is 9.67 Å². The third-order valence-corrected chi connectivity index (χ3v) is 1.53. The predicted octanol–water partition coefficient (Wildman–Crippen LogP) is 0.416. The van der Waals surface area contributed by atoms with Gasteiger partial charge in [0, 0.05) is 0 Å². The Hall–Kier alpha value is -1.69. The zero-order valence-corrected chi connectivity index (χ0v) is 7.05. The Morgan fingerprint density at radius 3 is 2.69 bits per heavy atom. The lowest BCUT2D eigenvalue weighted by atomic mass is 10.5. The summed E-state index contributed by atoms with van der Waals surface area (Å²) in [6.07, 6.45) is 1.33. The van der Waals surface area contributed by atoms with E-state index in [-0.39, 0.29) is 6.01 Å². The summed E-state index contributed by atoms with van der Waals surface area (Å²) in [5.41, 5.74) is 0. The van der Waals surface area contributed by atoms with Crippen LogP contribution in [-0.4, -0.2) is 30.1 Å². The topological polar surface area (TPSA) is 76.7 Å². The van der Waals surface area contributed by atoms with Gasteiger partial charge in [0.25, 0.3) is 0 Å². The summed E-state index contributed by atoms with van der Waals surface area (Å²) < 4.78 is 1.29. The van der Waals surface area contributed by atoms with Crippen molar-refractivity contribution in [3.63, 3.8) is 0 Å². The second kappa shape index (κ2) is 2.98. The molecule has 0 saturated heterocycles. The summed E-state index contributed by atoms with van der Waals surface area (Å²) in [4.78, 5) is 3.52. The van der Waals surface area contributed by atoms with E-state index in [4.69, 9.17) is 16.7 Å². The third kappa shape index (κ3) is 1.57. The van der Waals surface area contributed by atoms with Crippen molar-refractivity contribution in [3.05, 3.63) is 23.6 Å². The molecule has 2 rings (SSSR count). The Morgan fingerprint density at radius 1 is 1.31 bits per heavy atom. The first kappa shape index (κ1) is 7.93. The molecule has 0 fully saturated rings. The standard InChI is InChI=1S/C6H4ClN5O/c7-4-1-2-5(10-9-4)12-3-8-6(13)11-12/h1-3H,(H,11,13). The Bertz CT molecular complexity index is 411. The molecule has 0 aliphatic rings. The molecule has 0 radical (unpaired) electrons. The average molecular weight is 198 g/mol. The molecule has 0 bridgehead atoms. The van der Waals surface area contributed by atoms with Crippen LogP contribution in [0.2, 0.25) is 5.15 Å². The summed E-state index contributed by atoms with van der Waals surface area (Å²) in [6, 6.07) is 2.88. The van der Waals surface area contributed by atoms with Gasteiger partial charge in [0.1, 0.15) is 6.33 Å². The lowest BCUT2D eigenvalue weighted by Gasteiger charge is -1.95. The zero-order valence-electron chi connectivity index (χ0n) is 6.29. The summed E-state index contributed by atoms with van der Waals surface area (Å²) in [6.45, 7) is 0. The largest absolute Gasteiger partial charge is 0.478 e. The number of halogens is 1. The van der Waals surface area contributed by atoms with Crippen LogP contribution < -0.4 is 0 Å². The van der Waals surface area contributed by atoms with Gasteiger partial charge >= 0.3 is 6.01 Å². The molecule has 66 valence electrons. The first-order valence-electron chi connectivity index (χ1n) is 3.36. The summed E-state index contributed by atoms with van der Waals surface area (Å²) in [7, 11) is 0. The van der Waals surface area contributed by atoms with Crippen LogP contribution in [-0.2, 0) is 0 Å². The number of hydrogen-bond acceptors (Lipinski definition) is 5. The average Bonchev–Trinajstić information content (AvgIpc) is 2.53. The second-order valence-corrected chi connectivity index (χ2v) is 2.59. The SMILES string of the molecule is Oc1ncn(-c2ccc(Cl)nn2)n1. The van der Waals surface area contributed by atoms with Crippen LogP contribution in [0.25, 0.3) is 5.82 Å². The van der Waals surface area contributed by atoms with Gasteiger partial charge in [-0.15, -0.1) is 15.3 Å². The molecule has 7 heteroatoms. The molecule has 2 aromatic heterocycles. The molecule has 0 unspecified atom stereocenters. The highest BCUT2D eigenvalue weighted by atomic mass is 35.5. The van der Waals surface area contributed by atoms with Crippen LogP contribution in [0.15, 0.2) is 18.5 Å². The molecular weight excluding hydrogens is 194 g/mol. The Kier molecular flexibility index (Phi) is 1.82. The van der Waals surface area contributed by atoms with Gasteiger partial charge in [0.2, 0.25) is 0 Å². The molecule has 0 atom stereocenters. The van der Waals surface area contributed by atoms with Crippen LogP contribution in [0.1, 0.15) is 0 Å². The maximum absolute atomic E-state index is 8.85. The first-order valence-corrected chi connectivity index (χ1v) is 3.74. The van der Waals surface area contributed by atoms with Crippen LogP contribution >= 0.6 is 11.6 Å². The molecule has 0 spiro atoms.